The first-order valence-electron chi connectivity index (χ1n) is 4.48. The molecule has 4 nitrogen and oxygen atoms in total. The molecule has 17 heavy (non-hydrogen) atoms. The molecule has 0 spiro atoms. The molecule has 0 aliphatic rings. The summed E-state index contributed by atoms with van der Waals surface area (Å²) in [5.74, 6) is 0. The predicted molar refractivity (Wildman–Crippen MR) is 56.2 cm³/mol. The smallest absolute Gasteiger partial charge is 0.283 e. The Morgan fingerprint density at radius 1 is 0.765 bits per heavy atom. The van der Waals surface area contributed by atoms with E-state index in [9.17, 15) is 17.7 Å². The molecule has 0 atom stereocenters. The minimum Gasteiger partial charge on any atom is -0.283 e. The number of phosphoric acid groups is 1. The number of hydrogen-bond donors (Lipinski definition) is 0. The average Bonchev–Trinajstić information content (AvgIpc) is 2.30. The van der Waals surface area contributed by atoms with Crippen LogP contribution in [0.5, 0.6) is 0 Å². The van der Waals surface area contributed by atoms with Crippen molar-refractivity contribution < 1.29 is 31.3 Å². The summed E-state index contributed by atoms with van der Waals surface area (Å²) in [5.41, 5.74) is 0. The van der Waals surface area contributed by atoms with Gasteiger partial charge in [-0.2, -0.15) is 0 Å². The molecule has 0 saturated carbocycles. The van der Waals surface area contributed by atoms with Gasteiger partial charge in [0.2, 0.25) is 0 Å². The highest BCUT2D eigenvalue weighted by Crippen LogP contribution is 2.49. The van der Waals surface area contributed by atoms with Crippen LogP contribution in [0.25, 0.3) is 0 Å². The number of rotatable bonds is 9. The molecule has 0 aromatic heterocycles. The molecule has 0 unspecified atom stereocenters. The Morgan fingerprint density at radius 3 is 1.29 bits per heavy atom. The quantitative estimate of drug-likeness (QED) is 0.601. The van der Waals surface area contributed by atoms with Gasteiger partial charge in [0, 0.05) is 0 Å². The standard InChI is InChI=1S/C9H12F3O4P/c10-4-1-7-14-17(13,15-8-2-5-11)16-9-3-6-12/h1-6H,7-9H2. The van der Waals surface area contributed by atoms with Gasteiger partial charge in [-0.3, -0.25) is 13.6 Å². The molecule has 0 fully saturated rings. The maximum Gasteiger partial charge on any atom is 0.475 e. The second-order valence-electron chi connectivity index (χ2n) is 2.42. The molecule has 98 valence electrons. The largest absolute Gasteiger partial charge is 0.475 e. The van der Waals surface area contributed by atoms with Crippen molar-refractivity contribution in [2.45, 2.75) is 0 Å². The second-order valence-corrected chi connectivity index (χ2v) is 4.09. The van der Waals surface area contributed by atoms with Crippen LogP contribution in [-0.4, -0.2) is 19.8 Å². The van der Waals surface area contributed by atoms with E-state index in [1.807, 2.05) is 0 Å². The average molecular weight is 272 g/mol. The highest BCUT2D eigenvalue weighted by atomic mass is 31.2. The first kappa shape index (κ1) is 16.1. The van der Waals surface area contributed by atoms with E-state index < -0.39 is 7.82 Å². The van der Waals surface area contributed by atoms with Crippen LogP contribution >= 0.6 is 7.82 Å². The van der Waals surface area contributed by atoms with Crippen molar-refractivity contribution >= 4 is 7.82 Å². The molecule has 0 rings (SSSR count). The van der Waals surface area contributed by atoms with Crippen molar-refractivity contribution in [1.29, 1.82) is 0 Å². The zero-order valence-electron chi connectivity index (χ0n) is 8.80. The Balaban J connectivity index is 4.28. The second kappa shape index (κ2) is 10.3. The first-order chi connectivity index (χ1) is 8.18. The monoisotopic (exact) mass is 272 g/mol. The van der Waals surface area contributed by atoms with E-state index in [2.05, 4.69) is 13.6 Å². The summed E-state index contributed by atoms with van der Waals surface area (Å²) in [4.78, 5) is 0. The van der Waals surface area contributed by atoms with Crippen molar-refractivity contribution in [3.63, 3.8) is 0 Å². The topological polar surface area (TPSA) is 44.8 Å². The maximum atomic E-state index is 11.7. The fourth-order valence-corrected chi connectivity index (χ4v) is 1.65. The summed E-state index contributed by atoms with van der Waals surface area (Å²) in [6.45, 7) is -1.06. The van der Waals surface area contributed by atoms with Gasteiger partial charge in [-0.1, -0.05) is 0 Å². The van der Waals surface area contributed by atoms with E-state index in [0.29, 0.717) is 0 Å². The van der Waals surface area contributed by atoms with Crippen molar-refractivity contribution in [2.24, 2.45) is 0 Å². The Labute approximate surface area is 97.0 Å². The molecule has 8 heteroatoms. The lowest BCUT2D eigenvalue weighted by Crippen LogP contribution is -2.01. The van der Waals surface area contributed by atoms with Gasteiger partial charge in [-0.05, 0) is 18.2 Å². The van der Waals surface area contributed by atoms with Gasteiger partial charge in [0.15, 0.2) is 0 Å². The summed E-state index contributed by atoms with van der Waals surface area (Å²) in [7, 11) is -3.96. The molecular formula is C9H12F3O4P. The molecule has 0 bridgehead atoms. The molecule has 0 N–H and O–H groups in total. The van der Waals surface area contributed by atoms with Gasteiger partial charge in [-0.15, -0.1) is 0 Å². The van der Waals surface area contributed by atoms with E-state index >= 15 is 0 Å². The normalized spacial score (nSPS) is 16.2. The lowest BCUT2D eigenvalue weighted by molar-refractivity contribution is 0.140. The van der Waals surface area contributed by atoms with Gasteiger partial charge >= 0.3 is 7.82 Å². The lowest BCUT2D eigenvalue weighted by atomic mass is 10.7. The van der Waals surface area contributed by atoms with E-state index in [0.717, 1.165) is 18.2 Å². The van der Waals surface area contributed by atoms with E-state index in [1.54, 1.807) is 0 Å². The van der Waals surface area contributed by atoms with Crippen molar-refractivity contribution in [1.82, 2.24) is 0 Å². The van der Waals surface area contributed by atoms with Crippen molar-refractivity contribution in [2.75, 3.05) is 19.8 Å². The Kier molecular flexibility index (Phi) is 9.75. The Hall–Kier alpha value is -0.880. The third-order valence-electron chi connectivity index (χ3n) is 1.25. The fraction of sp³-hybridized carbons (Fsp3) is 0.333. The van der Waals surface area contributed by atoms with Crippen LogP contribution in [0.3, 0.4) is 0 Å². The van der Waals surface area contributed by atoms with Crippen LogP contribution in [0.15, 0.2) is 37.2 Å². The third-order valence-corrected chi connectivity index (χ3v) is 2.65. The lowest BCUT2D eigenvalue weighted by Gasteiger charge is -2.15. The predicted octanol–water partition coefficient (Wildman–Crippen LogP) is 3.59. The highest BCUT2D eigenvalue weighted by Gasteiger charge is 2.25. The molecule has 0 radical (unpaired) electrons. The van der Waals surface area contributed by atoms with Gasteiger partial charge in [0.05, 0.1) is 38.8 Å². The van der Waals surface area contributed by atoms with Crippen molar-refractivity contribution in [3.8, 4) is 0 Å². The van der Waals surface area contributed by atoms with Crippen LogP contribution in [-0.2, 0) is 18.1 Å². The summed E-state index contributed by atoms with van der Waals surface area (Å²) in [6.07, 6.45) is 3.34. The van der Waals surface area contributed by atoms with E-state index in [-0.39, 0.29) is 38.8 Å². The summed E-state index contributed by atoms with van der Waals surface area (Å²) in [6, 6.07) is 0. The molecule has 0 aliphatic heterocycles. The van der Waals surface area contributed by atoms with Crippen LogP contribution in [0, 0.1) is 0 Å². The zero-order valence-corrected chi connectivity index (χ0v) is 9.69. The number of halogens is 3. The summed E-state index contributed by atoms with van der Waals surface area (Å²) >= 11 is 0. The summed E-state index contributed by atoms with van der Waals surface area (Å²) < 4.78 is 60.5. The van der Waals surface area contributed by atoms with Crippen LogP contribution in [0.1, 0.15) is 0 Å². The van der Waals surface area contributed by atoms with Gasteiger partial charge < -0.3 is 0 Å². The molecular weight excluding hydrogens is 260 g/mol. The Bertz CT molecular complexity index is 270. The number of hydrogen-bond acceptors (Lipinski definition) is 4. The Morgan fingerprint density at radius 2 is 1.06 bits per heavy atom. The minimum atomic E-state index is -3.96. The third kappa shape index (κ3) is 8.88. The molecule has 0 aliphatic carbocycles. The maximum absolute atomic E-state index is 11.7. The highest BCUT2D eigenvalue weighted by molar-refractivity contribution is 7.48. The van der Waals surface area contributed by atoms with Crippen LogP contribution in [0.2, 0.25) is 0 Å². The molecule has 0 amide bonds. The van der Waals surface area contributed by atoms with Crippen LogP contribution < -0.4 is 0 Å². The molecule has 0 heterocycles. The number of phosphoric ester groups is 1. The minimum absolute atomic E-state index is 0.188. The first-order valence-corrected chi connectivity index (χ1v) is 5.94. The fourth-order valence-electron chi connectivity index (χ4n) is 0.624. The van der Waals surface area contributed by atoms with Crippen LogP contribution in [0.4, 0.5) is 13.2 Å². The zero-order chi connectivity index (χ0) is 13.0. The molecule has 0 aromatic rings. The van der Waals surface area contributed by atoms with Crippen molar-refractivity contribution in [3.05, 3.63) is 37.2 Å². The summed E-state index contributed by atoms with van der Waals surface area (Å²) in [5, 5.41) is 0. The van der Waals surface area contributed by atoms with Gasteiger partial charge in [0.25, 0.3) is 0 Å². The van der Waals surface area contributed by atoms with Gasteiger partial charge in [-0.25, -0.2) is 17.7 Å². The van der Waals surface area contributed by atoms with E-state index in [4.69, 9.17) is 0 Å². The van der Waals surface area contributed by atoms with Gasteiger partial charge in [0.1, 0.15) is 0 Å². The van der Waals surface area contributed by atoms with E-state index in [1.165, 1.54) is 0 Å². The molecule has 0 saturated heterocycles. The molecule has 0 aromatic carbocycles. The SMILES string of the molecule is O=P(OCC=CF)(OCC=CF)OCC=CF.